The van der Waals surface area contributed by atoms with Crippen LogP contribution in [0.2, 0.25) is 0 Å². The number of ether oxygens (including phenoxy) is 1. The Morgan fingerprint density at radius 2 is 2.27 bits per heavy atom. The largest absolute Gasteiger partial charge is 0.496 e. The van der Waals surface area contributed by atoms with Crippen molar-refractivity contribution >= 4 is 43.3 Å². The van der Waals surface area contributed by atoms with E-state index in [0.29, 0.717) is 5.01 Å². The molecule has 0 saturated carbocycles. The predicted octanol–water partition coefficient (Wildman–Crippen LogP) is 3.27. The number of fused-ring (bicyclic) bond motifs is 1. The van der Waals surface area contributed by atoms with Crippen molar-refractivity contribution < 1.29 is 9.53 Å². The van der Waals surface area contributed by atoms with Crippen LogP contribution in [0.3, 0.4) is 0 Å². The summed E-state index contributed by atoms with van der Waals surface area (Å²) in [6, 6.07) is 3.74. The van der Waals surface area contributed by atoms with E-state index in [4.69, 9.17) is 4.74 Å². The third-order valence-corrected chi connectivity index (χ3v) is 3.70. The van der Waals surface area contributed by atoms with Crippen LogP contribution in [0.1, 0.15) is 16.7 Å². The zero-order valence-corrected chi connectivity index (χ0v) is 10.6. The molecule has 2 rings (SSSR count). The van der Waals surface area contributed by atoms with Crippen molar-refractivity contribution in [3.8, 4) is 5.75 Å². The minimum absolute atomic E-state index is 0.00807. The van der Waals surface area contributed by atoms with Gasteiger partial charge in [0.15, 0.2) is 10.8 Å². The number of nitrogens with zero attached hydrogens (tertiary/aromatic N) is 1. The normalized spacial score (nSPS) is 10.6. The number of ketones is 1. The molecule has 5 heteroatoms. The second-order valence-electron chi connectivity index (χ2n) is 3.03. The number of Topliss-reactive ketones (excluding diaryl/α,β-unsaturated/α-hetero) is 1. The molecule has 0 aliphatic rings. The summed E-state index contributed by atoms with van der Waals surface area (Å²) in [5.74, 6) is 0.743. The van der Waals surface area contributed by atoms with Crippen LogP contribution in [-0.2, 0) is 0 Å². The topological polar surface area (TPSA) is 39.2 Å². The first-order valence-corrected chi connectivity index (χ1v) is 5.88. The Hall–Kier alpha value is -0.940. The van der Waals surface area contributed by atoms with E-state index in [0.717, 1.165) is 20.4 Å². The van der Waals surface area contributed by atoms with Crippen molar-refractivity contribution in [2.75, 3.05) is 7.11 Å². The molecule has 3 nitrogen and oxygen atoms in total. The summed E-state index contributed by atoms with van der Waals surface area (Å²) >= 11 is 4.76. The summed E-state index contributed by atoms with van der Waals surface area (Å²) in [7, 11) is 1.61. The Labute approximate surface area is 99.2 Å². The number of halogens is 1. The molecule has 0 spiro atoms. The van der Waals surface area contributed by atoms with Crippen LogP contribution in [0.4, 0.5) is 0 Å². The minimum Gasteiger partial charge on any atom is -0.496 e. The van der Waals surface area contributed by atoms with Gasteiger partial charge in [0.25, 0.3) is 0 Å². The van der Waals surface area contributed by atoms with Gasteiger partial charge in [-0.05, 0) is 22.0 Å². The third kappa shape index (κ3) is 1.89. The number of thiazole rings is 1. The second-order valence-corrected chi connectivity index (χ2v) is 4.91. The van der Waals surface area contributed by atoms with E-state index in [9.17, 15) is 4.79 Å². The van der Waals surface area contributed by atoms with Gasteiger partial charge in [-0.25, -0.2) is 4.98 Å². The van der Waals surface area contributed by atoms with Crippen molar-refractivity contribution in [1.29, 1.82) is 0 Å². The number of hydrogen-bond donors (Lipinski definition) is 0. The molecule has 1 aromatic heterocycles. The molecule has 2 aromatic rings. The standard InChI is InChI=1S/C10H8BrNO2S/c1-5(13)10-12-7-3-6(11)8(14-2)4-9(7)15-10/h3-4H,1-2H3. The van der Waals surface area contributed by atoms with Crippen LogP contribution in [0.25, 0.3) is 10.2 Å². The monoisotopic (exact) mass is 285 g/mol. The highest BCUT2D eigenvalue weighted by molar-refractivity contribution is 9.10. The molecule has 0 saturated heterocycles. The number of benzene rings is 1. The summed E-state index contributed by atoms with van der Waals surface area (Å²) in [5.41, 5.74) is 0.817. The molecule has 0 unspecified atom stereocenters. The molecule has 1 aromatic carbocycles. The molecular formula is C10H8BrNO2S. The molecule has 78 valence electrons. The molecule has 0 aliphatic carbocycles. The van der Waals surface area contributed by atoms with E-state index >= 15 is 0 Å². The highest BCUT2D eigenvalue weighted by Crippen LogP contribution is 2.33. The van der Waals surface area contributed by atoms with Crippen molar-refractivity contribution in [2.24, 2.45) is 0 Å². The van der Waals surface area contributed by atoms with Crippen molar-refractivity contribution in [1.82, 2.24) is 4.98 Å². The van der Waals surface area contributed by atoms with Gasteiger partial charge in [0.2, 0.25) is 0 Å². The quantitative estimate of drug-likeness (QED) is 0.795. The second kappa shape index (κ2) is 3.90. The molecule has 0 amide bonds. The van der Waals surface area contributed by atoms with E-state index in [-0.39, 0.29) is 5.78 Å². The fraction of sp³-hybridized carbons (Fsp3) is 0.200. The average Bonchev–Trinajstić information content (AvgIpc) is 2.59. The molecule has 0 aliphatic heterocycles. The molecule has 0 fully saturated rings. The van der Waals surface area contributed by atoms with E-state index in [1.54, 1.807) is 7.11 Å². The van der Waals surface area contributed by atoms with Gasteiger partial charge < -0.3 is 4.74 Å². The Morgan fingerprint density at radius 3 is 2.87 bits per heavy atom. The van der Waals surface area contributed by atoms with Gasteiger partial charge in [0.05, 0.1) is 21.8 Å². The lowest BCUT2D eigenvalue weighted by molar-refractivity contribution is 0.101. The molecule has 0 radical (unpaired) electrons. The van der Waals surface area contributed by atoms with E-state index < -0.39 is 0 Å². The lowest BCUT2D eigenvalue weighted by atomic mass is 10.3. The number of methoxy groups -OCH3 is 1. The highest BCUT2D eigenvalue weighted by Gasteiger charge is 2.10. The summed E-state index contributed by atoms with van der Waals surface area (Å²) in [4.78, 5) is 15.4. The van der Waals surface area contributed by atoms with Crippen molar-refractivity contribution in [3.63, 3.8) is 0 Å². The predicted molar refractivity (Wildman–Crippen MR) is 63.9 cm³/mol. The van der Waals surface area contributed by atoms with Gasteiger partial charge in [0, 0.05) is 13.0 Å². The summed E-state index contributed by atoms with van der Waals surface area (Å²) in [6.45, 7) is 1.52. The van der Waals surface area contributed by atoms with Crippen LogP contribution in [0, 0.1) is 0 Å². The van der Waals surface area contributed by atoms with Crippen LogP contribution in [0.15, 0.2) is 16.6 Å². The van der Waals surface area contributed by atoms with Crippen LogP contribution in [-0.4, -0.2) is 17.9 Å². The maximum absolute atomic E-state index is 11.2. The first-order valence-electron chi connectivity index (χ1n) is 4.27. The van der Waals surface area contributed by atoms with Crippen molar-refractivity contribution in [2.45, 2.75) is 6.92 Å². The summed E-state index contributed by atoms with van der Waals surface area (Å²) in [5, 5.41) is 0.533. The van der Waals surface area contributed by atoms with Gasteiger partial charge >= 0.3 is 0 Å². The number of carbonyl (C=O) groups is 1. The fourth-order valence-electron chi connectivity index (χ4n) is 1.24. The van der Waals surface area contributed by atoms with E-state index in [1.807, 2.05) is 12.1 Å². The first kappa shape index (κ1) is 10.6. The van der Waals surface area contributed by atoms with Crippen LogP contribution >= 0.6 is 27.3 Å². The Morgan fingerprint density at radius 1 is 1.53 bits per heavy atom. The molecule has 1 heterocycles. The molecule has 0 atom stereocenters. The zero-order chi connectivity index (χ0) is 11.0. The Bertz CT molecular complexity index is 535. The van der Waals surface area contributed by atoms with Gasteiger partial charge in [-0.3, -0.25) is 4.79 Å². The summed E-state index contributed by atoms with van der Waals surface area (Å²) in [6.07, 6.45) is 0. The molecule has 0 N–H and O–H groups in total. The fourth-order valence-corrected chi connectivity index (χ4v) is 2.60. The molecule has 0 bridgehead atoms. The van der Waals surface area contributed by atoms with Crippen molar-refractivity contribution in [3.05, 3.63) is 21.6 Å². The third-order valence-electron chi connectivity index (χ3n) is 1.96. The number of carbonyl (C=O) groups excluding carboxylic acids is 1. The SMILES string of the molecule is COc1cc2sc(C(C)=O)nc2cc1Br. The van der Waals surface area contributed by atoms with Gasteiger partial charge in [-0.15, -0.1) is 11.3 Å². The smallest absolute Gasteiger partial charge is 0.188 e. The Balaban J connectivity index is 2.66. The Kier molecular flexibility index (Phi) is 2.75. The lowest BCUT2D eigenvalue weighted by Gasteiger charge is -2.01. The van der Waals surface area contributed by atoms with Gasteiger partial charge in [0.1, 0.15) is 5.75 Å². The number of hydrogen-bond acceptors (Lipinski definition) is 4. The first-order chi connectivity index (χ1) is 7.11. The number of rotatable bonds is 2. The minimum atomic E-state index is -0.00807. The molecule has 15 heavy (non-hydrogen) atoms. The molecular weight excluding hydrogens is 278 g/mol. The van der Waals surface area contributed by atoms with Gasteiger partial charge in [-0.2, -0.15) is 0 Å². The van der Waals surface area contributed by atoms with E-state index in [2.05, 4.69) is 20.9 Å². The summed E-state index contributed by atoms with van der Waals surface area (Å²) < 4.78 is 6.97. The van der Waals surface area contributed by atoms with Crippen LogP contribution < -0.4 is 4.74 Å². The van der Waals surface area contributed by atoms with Crippen LogP contribution in [0.5, 0.6) is 5.75 Å². The lowest BCUT2D eigenvalue weighted by Crippen LogP contribution is -1.88. The maximum Gasteiger partial charge on any atom is 0.188 e. The van der Waals surface area contributed by atoms with Gasteiger partial charge in [-0.1, -0.05) is 0 Å². The number of aromatic nitrogens is 1. The maximum atomic E-state index is 11.2. The average molecular weight is 286 g/mol. The van der Waals surface area contributed by atoms with E-state index in [1.165, 1.54) is 18.3 Å². The highest BCUT2D eigenvalue weighted by atomic mass is 79.9. The zero-order valence-electron chi connectivity index (χ0n) is 8.20.